The van der Waals surface area contributed by atoms with E-state index in [2.05, 4.69) is 5.32 Å². The molecule has 0 atom stereocenters. The number of aromatic nitrogens is 2. The van der Waals surface area contributed by atoms with E-state index in [9.17, 15) is 9.18 Å². The lowest BCUT2D eigenvalue weighted by Crippen LogP contribution is -2.14. The van der Waals surface area contributed by atoms with Crippen LogP contribution < -0.4 is 5.32 Å². The first kappa shape index (κ1) is 17.9. The minimum absolute atomic E-state index is 0.111. The summed E-state index contributed by atoms with van der Waals surface area (Å²) in [5.41, 5.74) is 5.09. The Balaban J connectivity index is 1.58. The highest BCUT2D eigenvalue weighted by Gasteiger charge is 2.15. The Morgan fingerprint density at radius 3 is 2.64 bits per heavy atom. The molecule has 2 aromatic carbocycles. The molecule has 0 bridgehead atoms. The molecule has 28 heavy (non-hydrogen) atoms. The Labute approximate surface area is 162 Å². The number of hydrogen-bond donors (Lipinski definition) is 1. The molecule has 0 aliphatic carbocycles. The van der Waals surface area contributed by atoms with Crippen LogP contribution in [0.15, 0.2) is 72.9 Å². The Kier molecular flexibility index (Phi) is 4.89. The summed E-state index contributed by atoms with van der Waals surface area (Å²) in [6.07, 6.45) is 2.81. The molecule has 0 radical (unpaired) electrons. The zero-order valence-corrected chi connectivity index (χ0v) is 15.5. The fourth-order valence-corrected chi connectivity index (χ4v) is 3.32. The minimum Gasteiger partial charge on any atom is -0.326 e. The first-order valence-electron chi connectivity index (χ1n) is 9.19. The first-order valence-corrected chi connectivity index (χ1v) is 9.19. The molecule has 0 saturated carbocycles. The number of imidazole rings is 1. The van der Waals surface area contributed by atoms with E-state index in [0.717, 1.165) is 22.6 Å². The van der Waals surface area contributed by atoms with Gasteiger partial charge in [0, 0.05) is 23.9 Å². The number of carbonyl (C=O) groups is 1. The lowest BCUT2D eigenvalue weighted by atomic mass is 10.1. The second-order valence-electron chi connectivity index (χ2n) is 6.71. The van der Waals surface area contributed by atoms with Crippen molar-refractivity contribution in [3.63, 3.8) is 0 Å². The fourth-order valence-electron chi connectivity index (χ4n) is 3.32. The maximum Gasteiger partial charge on any atom is 0.224 e. The Morgan fingerprint density at radius 2 is 1.86 bits per heavy atom. The number of anilines is 1. The summed E-state index contributed by atoms with van der Waals surface area (Å²) in [4.78, 5) is 17.3. The fraction of sp³-hybridized carbons (Fsp3) is 0.130. The third kappa shape index (κ3) is 3.64. The maximum atomic E-state index is 13.3. The predicted octanol–water partition coefficient (Wildman–Crippen LogP) is 5.02. The molecule has 2 aromatic heterocycles. The average Bonchev–Trinajstić information content (AvgIpc) is 3.08. The summed E-state index contributed by atoms with van der Waals surface area (Å²) >= 11 is 0. The lowest BCUT2D eigenvalue weighted by molar-refractivity contribution is -0.116. The molecule has 140 valence electrons. The lowest BCUT2D eigenvalue weighted by Gasteiger charge is -2.09. The van der Waals surface area contributed by atoms with Crippen molar-refractivity contribution >= 4 is 17.2 Å². The highest BCUT2D eigenvalue weighted by molar-refractivity contribution is 5.91. The molecule has 1 N–H and O–H groups in total. The second-order valence-corrected chi connectivity index (χ2v) is 6.71. The van der Waals surface area contributed by atoms with E-state index in [1.807, 2.05) is 59.1 Å². The van der Waals surface area contributed by atoms with E-state index in [4.69, 9.17) is 4.98 Å². The van der Waals surface area contributed by atoms with Gasteiger partial charge in [-0.05, 0) is 49.2 Å². The summed E-state index contributed by atoms with van der Waals surface area (Å²) in [7, 11) is 0. The summed E-state index contributed by atoms with van der Waals surface area (Å²) < 4.78 is 15.3. The number of carbonyl (C=O) groups excluding carboxylic acids is 1. The van der Waals surface area contributed by atoms with Crippen LogP contribution in [0.2, 0.25) is 0 Å². The van der Waals surface area contributed by atoms with Gasteiger partial charge >= 0.3 is 0 Å². The molecule has 4 aromatic rings. The van der Waals surface area contributed by atoms with E-state index in [1.165, 1.54) is 12.1 Å². The van der Waals surface area contributed by atoms with E-state index >= 15 is 0 Å². The van der Waals surface area contributed by atoms with Gasteiger partial charge in [-0.25, -0.2) is 9.37 Å². The Morgan fingerprint density at radius 1 is 1.07 bits per heavy atom. The van der Waals surface area contributed by atoms with Crippen molar-refractivity contribution in [2.45, 2.75) is 19.8 Å². The van der Waals surface area contributed by atoms with Gasteiger partial charge in [-0.2, -0.15) is 0 Å². The SMILES string of the molecule is Cc1cc(F)ccc1NC(=O)CCc1c(-c2ccccc2)nc2ccccn12. The van der Waals surface area contributed by atoms with Crippen LogP contribution in [0, 0.1) is 12.7 Å². The largest absolute Gasteiger partial charge is 0.326 e. The van der Waals surface area contributed by atoms with Gasteiger partial charge in [0.05, 0.1) is 11.4 Å². The summed E-state index contributed by atoms with van der Waals surface area (Å²) in [5.74, 6) is -0.423. The number of fused-ring (bicyclic) bond motifs is 1. The minimum atomic E-state index is -0.311. The highest BCUT2D eigenvalue weighted by Crippen LogP contribution is 2.25. The third-order valence-corrected chi connectivity index (χ3v) is 4.73. The summed E-state index contributed by atoms with van der Waals surface area (Å²) in [6.45, 7) is 1.77. The molecule has 4 nitrogen and oxygen atoms in total. The van der Waals surface area contributed by atoms with Gasteiger partial charge in [-0.15, -0.1) is 0 Å². The topological polar surface area (TPSA) is 46.4 Å². The van der Waals surface area contributed by atoms with Crippen LogP contribution in [-0.2, 0) is 11.2 Å². The van der Waals surface area contributed by atoms with Crippen molar-refractivity contribution < 1.29 is 9.18 Å². The molecule has 0 spiro atoms. The van der Waals surface area contributed by atoms with Crippen molar-refractivity contribution in [2.75, 3.05) is 5.32 Å². The number of aryl methyl sites for hydroxylation is 2. The van der Waals surface area contributed by atoms with Crippen LogP contribution in [0.3, 0.4) is 0 Å². The molecular formula is C23H20FN3O. The molecule has 2 heterocycles. The number of nitrogens with zero attached hydrogens (tertiary/aromatic N) is 2. The molecule has 0 fully saturated rings. The monoisotopic (exact) mass is 373 g/mol. The summed E-state index contributed by atoms with van der Waals surface area (Å²) in [6, 6.07) is 20.2. The van der Waals surface area contributed by atoms with Crippen LogP contribution in [0.4, 0.5) is 10.1 Å². The van der Waals surface area contributed by atoms with Crippen LogP contribution in [-0.4, -0.2) is 15.3 Å². The molecule has 0 saturated heterocycles. The highest BCUT2D eigenvalue weighted by atomic mass is 19.1. The number of nitrogens with one attached hydrogen (secondary N) is 1. The number of pyridine rings is 1. The van der Waals surface area contributed by atoms with E-state index in [0.29, 0.717) is 24.1 Å². The van der Waals surface area contributed by atoms with Crippen molar-refractivity contribution in [2.24, 2.45) is 0 Å². The molecule has 0 aliphatic heterocycles. The average molecular weight is 373 g/mol. The van der Waals surface area contributed by atoms with Crippen molar-refractivity contribution in [3.8, 4) is 11.3 Å². The van der Waals surface area contributed by atoms with Crippen LogP contribution in [0.25, 0.3) is 16.9 Å². The van der Waals surface area contributed by atoms with Gasteiger partial charge < -0.3 is 9.72 Å². The predicted molar refractivity (Wildman–Crippen MR) is 109 cm³/mol. The van der Waals surface area contributed by atoms with Gasteiger partial charge in [0.15, 0.2) is 0 Å². The van der Waals surface area contributed by atoms with Gasteiger partial charge in [-0.3, -0.25) is 4.79 Å². The number of benzene rings is 2. The quantitative estimate of drug-likeness (QED) is 0.534. The van der Waals surface area contributed by atoms with Gasteiger partial charge in [0.1, 0.15) is 11.5 Å². The number of hydrogen-bond acceptors (Lipinski definition) is 2. The van der Waals surface area contributed by atoms with E-state index < -0.39 is 0 Å². The Bertz CT molecular complexity index is 1140. The van der Waals surface area contributed by atoms with E-state index in [-0.39, 0.29) is 11.7 Å². The number of rotatable bonds is 5. The zero-order valence-electron chi connectivity index (χ0n) is 15.5. The number of halogens is 1. The normalized spacial score (nSPS) is 10.9. The van der Waals surface area contributed by atoms with Crippen LogP contribution >= 0.6 is 0 Å². The third-order valence-electron chi connectivity index (χ3n) is 4.73. The summed E-state index contributed by atoms with van der Waals surface area (Å²) in [5, 5.41) is 2.87. The molecular weight excluding hydrogens is 353 g/mol. The smallest absolute Gasteiger partial charge is 0.224 e. The van der Waals surface area contributed by atoms with Crippen LogP contribution in [0.1, 0.15) is 17.7 Å². The molecule has 0 unspecified atom stereocenters. The molecule has 4 rings (SSSR count). The van der Waals surface area contributed by atoms with Gasteiger partial charge in [-0.1, -0.05) is 36.4 Å². The molecule has 0 aliphatic rings. The first-order chi connectivity index (χ1) is 13.6. The van der Waals surface area contributed by atoms with Crippen molar-refractivity contribution in [3.05, 3.63) is 90.0 Å². The van der Waals surface area contributed by atoms with Gasteiger partial charge in [0.25, 0.3) is 0 Å². The second kappa shape index (κ2) is 7.64. The molecule has 1 amide bonds. The molecule has 5 heteroatoms. The van der Waals surface area contributed by atoms with E-state index in [1.54, 1.807) is 13.0 Å². The number of amides is 1. The van der Waals surface area contributed by atoms with Crippen molar-refractivity contribution in [1.29, 1.82) is 0 Å². The zero-order chi connectivity index (χ0) is 19.5. The van der Waals surface area contributed by atoms with Crippen LogP contribution in [0.5, 0.6) is 0 Å². The Hall–Kier alpha value is -3.47. The maximum absolute atomic E-state index is 13.3. The standard InChI is InChI=1S/C23H20FN3O/c1-16-15-18(24)10-11-19(16)25-22(28)13-12-20-23(17-7-3-2-4-8-17)26-21-9-5-6-14-27(20)21/h2-11,14-15H,12-13H2,1H3,(H,25,28). The van der Waals surface area contributed by atoms with Gasteiger partial charge in [0.2, 0.25) is 5.91 Å². The van der Waals surface area contributed by atoms with Crippen molar-refractivity contribution in [1.82, 2.24) is 9.38 Å².